The summed E-state index contributed by atoms with van der Waals surface area (Å²) in [5.41, 5.74) is 3.07. The number of fused-ring (bicyclic) bond motifs is 1. The highest BCUT2D eigenvalue weighted by atomic mass is 16.5. The van der Waals surface area contributed by atoms with Gasteiger partial charge in [-0.05, 0) is 57.2 Å². The predicted molar refractivity (Wildman–Crippen MR) is 123 cm³/mol. The molecule has 170 valence electrons. The van der Waals surface area contributed by atoms with Crippen molar-refractivity contribution in [2.45, 2.75) is 46.2 Å². The molecule has 2 aliphatic heterocycles. The highest BCUT2D eigenvalue weighted by Crippen LogP contribution is 2.31. The molecule has 2 aromatic heterocycles. The summed E-state index contributed by atoms with van der Waals surface area (Å²) >= 11 is 0. The smallest absolute Gasteiger partial charge is 0.256 e. The molecule has 0 saturated carbocycles. The maximum absolute atomic E-state index is 13.5. The molecule has 0 atom stereocenters. The van der Waals surface area contributed by atoms with Gasteiger partial charge in [-0.1, -0.05) is 6.07 Å². The van der Waals surface area contributed by atoms with Gasteiger partial charge in [-0.25, -0.2) is 4.98 Å². The quantitative estimate of drug-likeness (QED) is 0.748. The number of pyridine rings is 2. The summed E-state index contributed by atoms with van der Waals surface area (Å²) < 4.78 is 5.46. The molecular formula is C24H31N5O3. The van der Waals surface area contributed by atoms with Gasteiger partial charge in [0.05, 0.1) is 30.0 Å². The normalized spacial score (nSPS) is 16.6. The van der Waals surface area contributed by atoms with Gasteiger partial charge in [0, 0.05) is 38.2 Å². The fourth-order valence-electron chi connectivity index (χ4n) is 4.19. The number of hydrogen-bond donors (Lipinski definition) is 1. The van der Waals surface area contributed by atoms with Crippen LogP contribution in [0.15, 0.2) is 30.6 Å². The lowest BCUT2D eigenvalue weighted by molar-refractivity contribution is -0.117. The SMILES string of the molecule is Cc1cccnc1CN(C(=O)c1cnc2c(c1)N(CC1CCOCC1)C(=O)CN2)C(C)C. The van der Waals surface area contributed by atoms with E-state index in [1.54, 1.807) is 28.3 Å². The van der Waals surface area contributed by atoms with Gasteiger partial charge >= 0.3 is 0 Å². The van der Waals surface area contributed by atoms with Crippen LogP contribution in [0.4, 0.5) is 11.5 Å². The molecule has 4 heterocycles. The van der Waals surface area contributed by atoms with E-state index < -0.39 is 0 Å². The maximum Gasteiger partial charge on any atom is 0.256 e. The number of nitrogens with zero attached hydrogens (tertiary/aromatic N) is 4. The van der Waals surface area contributed by atoms with Crippen LogP contribution in [0.5, 0.6) is 0 Å². The van der Waals surface area contributed by atoms with Crippen molar-refractivity contribution in [3.8, 4) is 0 Å². The Balaban J connectivity index is 1.60. The van der Waals surface area contributed by atoms with E-state index in [0.29, 0.717) is 36.1 Å². The Morgan fingerprint density at radius 3 is 2.81 bits per heavy atom. The van der Waals surface area contributed by atoms with Crippen LogP contribution in [-0.4, -0.2) is 59.0 Å². The molecular weight excluding hydrogens is 406 g/mol. The van der Waals surface area contributed by atoms with Crippen molar-refractivity contribution < 1.29 is 14.3 Å². The fraction of sp³-hybridized carbons (Fsp3) is 0.500. The number of amides is 2. The molecule has 2 aliphatic rings. The molecule has 2 aromatic rings. The molecule has 1 saturated heterocycles. The first-order valence-corrected chi connectivity index (χ1v) is 11.3. The Bertz CT molecular complexity index is 987. The van der Waals surface area contributed by atoms with E-state index in [1.807, 2.05) is 32.9 Å². The molecule has 8 nitrogen and oxygen atoms in total. The first-order valence-electron chi connectivity index (χ1n) is 11.3. The zero-order valence-electron chi connectivity index (χ0n) is 19.0. The van der Waals surface area contributed by atoms with Crippen molar-refractivity contribution in [1.82, 2.24) is 14.9 Å². The third-order valence-electron chi connectivity index (χ3n) is 6.22. The molecule has 32 heavy (non-hydrogen) atoms. The van der Waals surface area contributed by atoms with Crippen molar-refractivity contribution in [2.24, 2.45) is 5.92 Å². The number of aryl methyl sites for hydroxylation is 1. The number of anilines is 2. The summed E-state index contributed by atoms with van der Waals surface area (Å²) in [4.78, 5) is 38.7. The van der Waals surface area contributed by atoms with Crippen LogP contribution in [0.2, 0.25) is 0 Å². The third kappa shape index (κ3) is 4.75. The van der Waals surface area contributed by atoms with Gasteiger partial charge in [-0.2, -0.15) is 0 Å². The summed E-state index contributed by atoms with van der Waals surface area (Å²) in [5, 5.41) is 3.08. The molecule has 0 bridgehead atoms. The molecule has 1 N–H and O–H groups in total. The van der Waals surface area contributed by atoms with Gasteiger partial charge in [-0.15, -0.1) is 0 Å². The van der Waals surface area contributed by atoms with Crippen LogP contribution < -0.4 is 10.2 Å². The second-order valence-electron chi connectivity index (χ2n) is 8.80. The lowest BCUT2D eigenvalue weighted by Crippen LogP contribution is -2.44. The molecule has 2 amide bonds. The van der Waals surface area contributed by atoms with E-state index in [0.717, 1.165) is 37.3 Å². The second kappa shape index (κ2) is 9.65. The minimum Gasteiger partial charge on any atom is -0.381 e. The van der Waals surface area contributed by atoms with Crippen LogP contribution in [0.25, 0.3) is 0 Å². The van der Waals surface area contributed by atoms with Crippen molar-refractivity contribution in [2.75, 3.05) is 36.5 Å². The highest BCUT2D eigenvalue weighted by molar-refractivity contribution is 6.04. The van der Waals surface area contributed by atoms with Gasteiger partial charge in [0.1, 0.15) is 5.82 Å². The summed E-state index contributed by atoms with van der Waals surface area (Å²) in [6.07, 6.45) is 5.21. The van der Waals surface area contributed by atoms with Gasteiger partial charge in [0.15, 0.2) is 0 Å². The minimum atomic E-state index is -0.121. The average molecular weight is 438 g/mol. The average Bonchev–Trinajstić information content (AvgIpc) is 2.80. The number of rotatable bonds is 6. The first-order chi connectivity index (χ1) is 15.4. The topological polar surface area (TPSA) is 87.7 Å². The lowest BCUT2D eigenvalue weighted by Gasteiger charge is -2.34. The van der Waals surface area contributed by atoms with Crippen LogP contribution in [0.3, 0.4) is 0 Å². The van der Waals surface area contributed by atoms with Crippen molar-refractivity contribution in [3.05, 3.63) is 47.4 Å². The monoisotopic (exact) mass is 437 g/mol. The molecule has 8 heteroatoms. The zero-order chi connectivity index (χ0) is 22.7. The molecule has 0 spiro atoms. The Morgan fingerprint density at radius 2 is 2.09 bits per heavy atom. The van der Waals surface area contributed by atoms with Gasteiger partial charge in [0.25, 0.3) is 5.91 Å². The standard InChI is InChI=1S/C24H31N5O3/c1-16(2)28(15-20-17(3)5-4-8-25-20)24(31)19-11-21-23(26-12-19)27-13-22(30)29(21)14-18-6-9-32-10-7-18/h4-5,8,11-12,16,18H,6-7,9-10,13-15H2,1-3H3,(H,26,27). The Morgan fingerprint density at radius 1 is 1.31 bits per heavy atom. The molecule has 4 rings (SSSR count). The van der Waals surface area contributed by atoms with Gasteiger partial charge in [-0.3, -0.25) is 14.6 Å². The molecule has 0 unspecified atom stereocenters. The number of nitrogens with one attached hydrogen (secondary N) is 1. The van der Waals surface area contributed by atoms with Crippen molar-refractivity contribution in [1.29, 1.82) is 0 Å². The van der Waals surface area contributed by atoms with Crippen LogP contribution in [-0.2, 0) is 16.1 Å². The summed E-state index contributed by atoms with van der Waals surface area (Å²) in [6, 6.07) is 5.68. The number of ether oxygens (including phenoxy) is 1. The number of hydrogen-bond acceptors (Lipinski definition) is 6. The molecule has 0 aromatic carbocycles. The van der Waals surface area contributed by atoms with Crippen LogP contribution in [0, 0.1) is 12.8 Å². The predicted octanol–water partition coefficient (Wildman–Crippen LogP) is 3.02. The second-order valence-corrected chi connectivity index (χ2v) is 8.80. The molecule has 0 radical (unpaired) electrons. The third-order valence-corrected chi connectivity index (χ3v) is 6.22. The van der Waals surface area contributed by atoms with E-state index in [9.17, 15) is 9.59 Å². The van der Waals surface area contributed by atoms with E-state index in [2.05, 4.69) is 15.3 Å². The Hall–Kier alpha value is -3.00. The fourth-order valence-corrected chi connectivity index (χ4v) is 4.19. The summed E-state index contributed by atoms with van der Waals surface area (Å²) in [5.74, 6) is 0.909. The zero-order valence-corrected chi connectivity index (χ0v) is 19.0. The molecule has 1 fully saturated rings. The van der Waals surface area contributed by atoms with E-state index in [1.165, 1.54) is 0 Å². The lowest BCUT2D eigenvalue weighted by atomic mass is 9.99. The van der Waals surface area contributed by atoms with Crippen LogP contribution in [0.1, 0.15) is 48.3 Å². The largest absolute Gasteiger partial charge is 0.381 e. The summed E-state index contributed by atoms with van der Waals surface area (Å²) in [6.45, 7) is 8.69. The Labute approximate surface area is 189 Å². The molecule has 0 aliphatic carbocycles. The van der Waals surface area contributed by atoms with Crippen molar-refractivity contribution >= 4 is 23.3 Å². The van der Waals surface area contributed by atoms with E-state index in [4.69, 9.17) is 4.74 Å². The number of aromatic nitrogens is 2. The van der Waals surface area contributed by atoms with Gasteiger partial charge in [0.2, 0.25) is 5.91 Å². The van der Waals surface area contributed by atoms with Crippen LogP contribution >= 0.6 is 0 Å². The summed E-state index contributed by atoms with van der Waals surface area (Å²) in [7, 11) is 0. The van der Waals surface area contributed by atoms with Crippen molar-refractivity contribution in [3.63, 3.8) is 0 Å². The minimum absolute atomic E-state index is 0.000201. The first kappa shape index (κ1) is 22.2. The van der Waals surface area contributed by atoms with E-state index >= 15 is 0 Å². The highest BCUT2D eigenvalue weighted by Gasteiger charge is 2.30. The number of carbonyl (C=O) groups excluding carboxylic acids is 2. The van der Waals surface area contributed by atoms with Gasteiger partial charge < -0.3 is 19.9 Å². The Kier molecular flexibility index (Phi) is 6.69. The maximum atomic E-state index is 13.5. The number of carbonyl (C=O) groups is 2. The van der Waals surface area contributed by atoms with E-state index in [-0.39, 0.29) is 24.4 Å².